The Kier molecular flexibility index (Phi) is 5.45. The first-order chi connectivity index (χ1) is 7.50. The normalized spacial score (nSPS) is 16.5. The molecule has 0 saturated carbocycles. The lowest BCUT2D eigenvalue weighted by Gasteiger charge is -2.25. The van der Waals surface area contributed by atoms with E-state index in [9.17, 15) is 18.0 Å². The summed E-state index contributed by atoms with van der Waals surface area (Å²) in [6, 6.07) is 0. The van der Waals surface area contributed by atoms with Gasteiger partial charge in [0.05, 0.1) is 5.41 Å². The van der Waals surface area contributed by atoms with E-state index in [1.54, 1.807) is 20.8 Å². The van der Waals surface area contributed by atoms with Gasteiger partial charge in [-0.05, 0) is 27.2 Å². The molecule has 0 aliphatic heterocycles. The summed E-state index contributed by atoms with van der Waals surface area (Å²) in [5.41, 5.74) is -0.725. The van der Waals surface area contributed by atoms with Gasteiger partial charge in [-0.2, -0.15) is 13.2 Å². The number of rotatable bonds is 5. The van der Waals surface area contributed by atoms with E-state index in [2.05, 4.69) is 0 Å². The number of alkyl halides is 3. The molecule has 0 heterocycles. The predicted octanol–water partition coefficient (Wildman–Crippen LogP) is 2.67. The quantitative estimate of drug-likeness (QED) is 0.769. The van der Waals surface area contributed by atoms with Gasteiger partial charge in [0, 0.05) is 6.42 Å². The van der Waals surface area contributed by atoms with Crippen molar-refractivity contribution in [2.75, 3.05) is 0 Å². The van der Waals surface area contributed by atoms with Crippen LogP contribution < -0.4 is 0 Å². The largest absolute Gasteiger partial charge is 0.462 e. The van der Waals surface area contributed by atoms with Gasteiger partial charge in [-0.3, -0.25) is 4.79 Å². The molecule has 0 aliphatic carbocycles. The van der Waals surface area contributed by atoms with Crippen LogP contribution >= 0.6 is 0 Å². The van der Waals surface area contributed by atoms with Crippen molar-refractivity contribution in [3.05, 3.63) is 0 Å². The van der Waals surface area contributed by atoms with Gasteiger partial charge >= 0.3 is 12.1 Å². The zero-order valence-corrected chi connectivity index (χ0v) is 10.5. The molecule has 102 valence electrons. The van der Waals surface area contributed by atoms with Gasteiger partial charge in [-0.15, -0.1) is 0 Å². The van der Waals surface area contributed by atoms with Crippen molar-refractivity contribution in [1.82, 2.24) is 0 Å². The van der Waals surface area contributed by atoms with Crippen LogP contribution in [0.4, 0.5) is 13.2 Å². The van der Waals surface area contributed by atoms with Crippen molar-refractivity contribution < 1.29 is 27.8 Å². The van der Waals surface area contributed by atoms with Gasteiger partial charge in [0.15, 0.2) is 6.10 Å². The van der Waals surface area contributed by atoms with Crippen LogP contribution in [0.1, 0.15) is 40.5 Å². The second-order valence-corrected chi connectivity index (χ2v) is 4.75. The van der Waals surface area contributed by atoms with Crippen LogP contribution in [-0.4, -0.2) is 29.5 Å². The molecule has 0 aliphatic rings. The molecule has 0 saturated heterocycles. The number of carbonyl (C=O) groups excluding carboxylic acids is 1. The Hall–Kier alpha value is -0.780. The summed E-state index contributed by atoms with van der Waals surface area (Å²) in [5, 5.41) is 8.81. The van der Waals surface area contributed by atoms with Crippen LogP contribution in [0.2, 0.25) is 0 Å². The Morgan fingerprint density at radius 1 is 1.35 bits per heavy atom. The van der Waals surface area contributed by atoms with Crippen molar-refractivity contribution >= 4 is 5.97 Å². The molecule has 2 unspecified atom stereocenters. The number of hydrogen-bond acceptors (Lipinski definition) is 3. The number of ether oxygens (including phenoxy) is 1. The summed E-state index contributed by atoms with van der Waals surface area (Å²) < 4.78 is 41.0. The molecule has 0 spiro atoms. The van der Waals surface area contributed by atoms with Crippen LogP contribution in [0.25, 0.3) is 0 Å². The Bertz CT molecular complexity index is 261. The number of aliphatic hydroxyl groups is 1. The van der Waals surface area contributed by atoms with E-state index in [0.29, 0.717) is 6.42 Å². The van der Waals surface area contributed by atoms with E-state index in [0.717, 1.165) is 0 Å². The van der Waals surface area contributed by atoms with Crippen LogP contribution in [0.5, 0.6) is 0 Å². The third-order valence-electron chi connectivity index (χ3n) is 2.68. The molecule has 0 aromatic heterocycles. The second kappa shape index (κ2) is 5.71. The summed E-state index contributed by atoms with van der Waals surface area (Å²) in [6.45, 7) is 6.43. The molecular formula is C11H19F3O3. The third-order valence-corrected chi connectivity index (χ3v) is 2.68. The zero-order valence-electron chi connectivity index (χ0n) is 10.5. The van der Waals surface area contributed by atoms with E-state index in [-0.39, 0.29) is 0 Å². The molecule has 17 heavy (non-hydrogen) atoms. The summed E-state index contributed by atoms with van der Waals surface area (Å²) in [7, 11) is 0. The van der Waals surface area contributed by atoms with E-state index >= 15 is 0 Å². The van der Waals surface area contributed by atoms with Crippen LogP contribution in [0, 0.1) is 5.41 Å². The Labute approximate surface area is 99.0 Å². The first-order valence-electron chi connectivity index (χ1n) is 5.46. The average Bonchev–Trinajstić information content (AvgIpc) is 2.15. The highest BCUT2D eigenvalue weighted by Crippen LogP contribution is 2.26. The first-order valence-corrected chi connectivity index (χ1v) is 5.46. The second-order valence-electron chi connectivity index (χ2n) is 4.75. The molecule has 0 aromatic rings. The lowest BCUT2D eigenvalue weighted by molar-refractivity contribution is -0.213. The van der Waals surface area contributed by atoms with Crippen molar-refractivity contribution in [1.29, 1.82) is 0 Å². The number of carbonyl (C=O) groups is 1. The van der Waals surface area contributed by atoms with Crippen molar-refractivity contribution in [3.8, 4) is 0 Å². The van der Waals surface area contributed by atoms with Gasteiger partial charge in [-0.1, -0.05) is 6.92 Å². The maximum Gasteiger partial charge on any atom is 0.414 e. The molecule has 0 amide bonds. The van der Waals surface area contributed by atoms with E-state index in [1.165, 1.54) is 6.92 Å². The monoisotopic (exact) mass is 256 g/mol. The van der Waals surface area contributed by atoms with Crippen LogP contribution in [-0.2, 0) is 9.53 Å². The first kappa shape index (κ1) is 16.2. The fourth-order valence-corrected chi connectivity index (χ4v) is 0.983. The molecule has 0 aromatic carbocycles. The Morgan fingerprint density at radius 2 is 1.82 bits per heavy atom. The van der Waals surface area contributed by atoms with Crippen LogP contribution in [0.3, 0.4) is 0 Å². The van der Waals surface area contributed by atoms with Gasteiger partial charge in [0.25, 0.3) is 0 Å². The highest BCUT2D eigenvalue weighted by molar-refractivity contribution is 5.75. The summed E-state index contributed by atoms with van der Waals surface area (Å²) in [5.74, 6) is -0.554. The third kappa shape index (κ3) is 5.39. The van der Waals surface area contributed by atoms with Crippen molar-refractivity contribution in [2.24, 2.45) is 5.41 Å². The summed E-state index contributed by atoms with van der Waals surface area (Å²) in [6.07, 6.45) is -8.23. The molecule has 6 heteroatoms. The highest BCUT2D eigenvalue weighted by Gasteiger charge is 2.40. The van der Waals surface area contributed by atoms with E-state index in [4.69, 9.17) is 9.84 Å². The molecule has 0 radical (unpaired) electrons. The standard InChI is InChI=1S/C11H19F3O3/c1-5-10(3,4)9(16)17-7(2)6-8(15)11(12,13)14/h7-8,15H,5-6H2,1-4H3. The Balaban J connectivity index is 4.29. The SMILES string of the molecule is CCC(C)(C)C(=O)OC(C)CC(O)C(F)(F)F. The van der Waals surface area contributed by atoms with Gasteiger partial charge in [0.2, 0.25) is 0 Å². The lowest BCUT2D eigenvalue weighted by Crippen LogP contribution is -2.35. The molecule has 2 atom stereocenters. The smallest absolute Gasteiger partial charge is 0.414 e. The summed E-state index contributed by atoms with van der Waals surface area (Å²) >= 11 is 0. The van der Waals surface area contributed by atoms with Crippen molar-refractivity contribution in [3.63, 3.8) is 0 Å². The van der Waals surface area contributed by atoms with E-state index < -0.39 is 36.2 Å². The molecular weight excluding hydrogens is 237 g/mol. The van der Waals surface area contributed by atoms with Crippen molar-refractivity contribution in [2.45, 2.75) is 58.9 Å². The summed E-state index contributed by atoms with van der Waals surface area (Å²) in [4.78, 5) is 11.6. The molecule has 0 fully saturated rings. The van der Waals surface area contributed by atoms with Crippen LogP contribution in [0.15, 0.2) is 0 Å². The number of esters is 1. The maximum absolute atomic E-state index is 12.1. The minimum absolute atomic E-state index is 0.528. The fraction of sp³-hybridized carbons (Fsp3) is 0.909. The minimum atomic E-state index is -4.68. The molecule has 0 bridgehead atoms. The van der Waals surface area contributed by atoms with Gasteiger partial charge in [-0.25, -0.2) is 0 Å². The molecule has 1 N–H and O–H groups in total. The zero-order chi connectivity index (χ0) is 13.9. The van der Waals surface area contributed by atoms with Gasteiger partial charge in [0.1, 0.15) is 6.10 Å². The molecule has 3 nitrogen and oxygen atoms in total. The topological polar surface area (TPSA) is 46.5 Å². The predicted molar refractivity (Wildman–Crippen MR) is 56.3 cm³/mol. The minimum Gasteiger partial charge on any atom is -0.462 e. The number of halogens is 3. The van der Waals surface area contributed by atoms with E-state index in [1.807, 2.05) is 0 Å². The highest BCUT2D eigenvalue weighted by atomic mass is 19.4. The lowest BCUT2D eigenvalue weighted by atomic mass is 9.90. The van der Waals surface area contributed by atoms with Gasteiger partial charge < -0.3 is 9.84 Å². The average molecular weight is 256 g/mol. The molecule has 0 rings (SSSR count). The Morgan fingerprint density at radius 3 is 2.18 bits per heavy atom. The fourth-order valence-electron chi connectivity index (χ4n) is 0.983. The number of hydrogen-bond donors (Lipinski definition) is 1. The number of aliphatic hydroxyl groups excluding tert-OH is 1. The maximum atomic E-state index is 12.1.